The van der Waals surface area contributed by atoms with Gasteiger partial charge in [0.2, 0.25) is 0 Å². The molecule has 0 unspecified atom stereocenters. The molecule has 0 N–H and O–H groups in total. The Balaban J connectivity index is 1.27. The fourth-order valence-corrected chi connectivity index (χ4v) is 7.79. The number of nitrogens with zero attached hydrogens (tertiary/aromatic N) is 2. The van der Waals surface area contributed by atoms with Gasteiger partial charge in [0.1, 0.15) is 28.3 Å². The maximum Gasteiger partial charge on any atom is 0.180 e. The molecular weight excluding hydrogens is 625 g/mol. The van der Waals surface area contributed by atoms with Gasteiger partial charge in [-0.2, -0.15) is 0 Å². The summed E-state index contributed by atoms with van der Waals surface area (Å²) in [5.74, 6) is 2.11. The molecule has 0 amide bonds. The molecule has 0 atom stereocenters. The van der Waals surface area contributed by atoms with Crippen molar-refractivity contribution in [3.63, 3.8) is 0 Å². The first-order valence-corrected chi connectivity index (χ1v) is 17.2. The minimum atomic E-state index is -0.651. The molecule has 7 aromatic carbocycles. The molecule has 0 fully saturated rings. The van der Waals surface area contributed by atoms with E-state index in [1.165, 1.54) is 0 Å². The number of hydrogen-bond acceptors (Lipinski definition) is 4. The molecule has 0 radical (unpaired) electrons. The number of rotatable bonds is 5. The van der Waals surface area contributed by atoms with Gasteiger partial charge in [0.15, 0.2) is 11.4 Å². The number of aromatic nitrogens is 2. The predicted molar refractivity (Wildman–Crippen MR) is 204 cm³/mol. The van der Waals surface area contributed by atoms with Gasteiger partial charge in [-0.25, -0.2) is 9.97 Å². The molecule has 1 aliphatic heterocycles. The van der Waals surface area contributed by atoms with Crippen LogP contribution in [-0.4, -0.2) is 9.97 Å². The molecule has 240 valence electrons. The highest BCUT2D eigenvalue weighted by Crippen LogP contribution is 2.57. The maximum atomic E-state index is 6.96. The summed E-state index contributed by atoms with van der Waals surface area (Å²) in [7, 11) is 0. The van der Waals surface area contributed by atoms with Crippen LogP contribution >= 0.6 is 0 Å². The average molecular weight is 655 g/mol. The van der Waals surface area contributed by atoms with Crippen molar-refractivity contribution < 1.29 is 9.15 Å². The van der Waals surface area contributed by atoms with Crippen LogP contribution in [0.15, 0.2) is 186 Å². The molecule has 4 heteroatoms. The van der Waals surface area contributed by atoms with Crippen LogP contribution in [-0.2, 0) is 5.41 Å². The van der Waals surface area contributed by atoms with Crippen LogP contribution in [0.1, 0.15) is 22.3 Å². The predicted octanol–water partition coefficient (Wildman–Crippen LogP) is 11.9. The smallest absolute Gasteiger partial charge is 0.180 e. The minimum Gasteiger partial charge on any atom is -0.456 e. The Bertz CT molecular complexity index is 2680. The van der Waals surface area contributed by atoms with Crippen LogP contribution in [0, 0.1) is 0 Å². The van der Waals surface area contributed by atoms with E-state index in [4.69, 9.17) is 19.1 Å². The van der Waals surface area contributed by atoms with Crippen molar-refractivity contribution in [2.75, 3.05) is 0 Å². The van der Waals surface area contributed by atoms with Gasteiger partial charge in [-0.05, 0) is 52.6 Å². The van der Waals surface area contributed by atoms with Crippen LogP contribution in [0.25, 0.3) is 55.8 Å². The summed E-state index contributed by atoms with van der Waals surface area (Å²) in [6.45, 7) is 0. The summed E-state index contributed by atoms with van der Waals surface area (Å²) in [5.41, 5.74) is 10.7. The van der Waals surface area contributed by atoms with Gasteiger partial charge >= 0.3 is 0 Å². The highest BCUT2D eigenvalue weighted by Gasteiger charge is 2.46. The lowest BCUT2D eigenvalue weighted by atomic mass is 9.63. The highest BCUT2D eigenvalue weighted by atomic mass is 16.5. The Morgan fingerprint density at radius 1 is 0.471 bits per heavy atom. The van der Waals surface area contributed by atoms with Crippen molar-refractivity contribution >= 4 is 22.1 Å². The number of hydrogen-bond donors (Lipinski definition) is 0. The lowest BCUT2D eigenvalue weighted by molar-refractivity contribution is 0.436. The van der Waals surface area contributed by atoms with Crippen molar-refractivity contribution in [3.05, 3.63) is 204 Å². The Kier molecular flexibility index (Phi) is 6.68. The van der Waals surface area contributed by atoms with E-state index in [0.29, 0.717) is 11.4 Å². The Morgan fingerprint density at radius 3 is 1.86 bits per heavy atom. The Hall–Kier alpha value is -6.78. The second kappa shape index (κ2) is 11.7. The van der Waals surface area contributed by atoms with Crippen molar-refractivity contribution in [2.45, 2.75) is 5.41 Å². The third-order valence-corrected chi connectivity index (χ3v) is 10.0. The summed E-state index contributed by atoms with van der Waals surface area (Å²) >= 11 is 0. The summed E-state index contributed by atoms with van der Waals surface area (Å²) in [4.78, 5) is 10.6. The highest BCUT2D eigenvalue weighted by molar-refractivity contribution is 6.07. The standard InChI is InChI=1S/C47H30N2O2/c1-4-16-31(17-5-1)32-18-14-19-33(30-32)42-45-43(36-24-10-12-28-40(36)50-45)49-46(48-42)37-25-15-27-39-44(37)51-41-29-13-11-26-38(41)47(39,34-20-6-2-7-21-34)35-22-8-3-9-23-35/h1-30H. The molecular formula is C47H30N2O2. The van der Waals surface area contributed by atoms with Crippen molar-refractivity contribution in [1.29, 1.82) is 0 Å². The van der Waals surface area contributed by atoms with Crippen molar-refractivity contribution in [1.82, 2.24) is 9.97 Å². The lowest BCUT2D eigenvalue weighted by Crippen LogP contribution is -2.34. The van der Waals surface area contributed by atoms with E-state index in [1.807, 2.05) is 30.3 Å². The summed E-state index contributed by atoms with van der Waals surface area (Å²) in [6, 6.07) is 63.1. The largest absolute Gasteiger partial charge is 0.456 e. The fourth-order valence-electron chi connectivity index (χ4n) is 7.79. The number of fused-ring (bicyclic) bond motifs is 5. The lowest BCUT2D eigenvalue weighted by Gasteiger charge is -2.42. The molecule has 3 heterocycles. The van der Waals surface area contributed by atoms with E-state index in [-0.39, 0.29) is 0 Å². The van der Waals surface area contributed by atoms with Gasteiger partial charge in [0, 0.05) is 22.1 Å². The maximum absolute atomic E-state index is 6.96. The first kappa shape index (κ1) is 29.2. The molecule has 51 heavy (non-hydrogen) atoms. The SMILES string of the molecule is c1ccc(-c2cccc(-c3nc(-c4cccc5c4Oc4ccccc4C5(c4ccccc4)c4ccccc4)nc4c3oc3ccccc34)c2)cc1. The zero-order chi connectivity index (χ0) is 33.8. The monoisotopic (exact) mass is 654 g/mol. The van der Waals surface area contributed by atoms with Crippen LogP contribution in [0.4, 0.5) is 0 Å². The number of ether oxygens (including phenoxy) is 1. The first-order valence-electron chi connectivity index (χ1n) is 17.2. The van der Waals surface area contributed by atoms with Crippen LogP contribution in [0.5, 0.6) is 11.5 Å². The molecule has 0 bridgehead atoms. The molecule has 10 rings (SSSR count). The number of benzene rings is 7. The Morgan fingerprint density at radius 2 is 1.08 bits per heavy atom. The first-order chi connectivity index (χ1) is 25.3. The topological polar surface area (TPSA) is 48.2 Å². The molecule has 2 aromatic heterocycles. The van der Waals surface area contributed by atoms with E-state index < -0.39 is 5.41 Å². The minimum absolute atomic E-state index is 0.570. The van der Waals surface area contributed by atoms with E-state index >= 15 is 0 Å². The van der Waals surface area contributed by atoms with Crippen molar-refractivity contribution in [2.24, 2.45) is 0 Å². The second-order valence-electron chi connectivity index (χ2n) is 12.9. The van der Waals surface area contributed by atoms with Gasteiger partial charge in [-0.15, -0.1) is 0 Å². The van der Waals surface area contributed by atoms with Crippen molar-refractivity contribution in [3.8, 4) is 45.3 Å². The van der Waals surface area contributed by atoms with Gasteiger partial charge < -0.3 is 9.15 Å². The second-order valence-corrected chi connectivity index (χ2v) is 12.9. The molecule has 0 saturated carbocycles. The quantitative estimate of drug-likeness (QED) is 0.185. The van der Waals surface area contributed by atoms with Crippen LogP contribution < -0.4 is 4.74 Å². The number of furan rings is 1. The van der Waals surface area contributed by atoms with Gasteiger partial charge in [-0.1, -0.05) is 152 Å². The molecule has 0 aliphatic carbocycles. The average Bonchev–Trinajstić information content (AvgIpc) is 3.59. The zero-order valence-electron chi connectivity index (χ0n) is 27.5. The summed E-state index contributed by atoms with van der Waals surface area (Å²) < 4.78 is 13.5. The summed E-state index contributed by atoms with van der Waals surface area (Å²) in [6.07, 6.45) is 0. The normalized spacial score (nSPS) is 13.0. The van der Waals surface area contributed by atoms with E-state index in [1.54, 1.807) is 0 Å². The van der Waals surface area contributed by atoms with Gasteiger partial charge in [0.25, 0.3) is 0 Å². The van der Waals surface area contributed by atoms with Gasteiger partial charge in [-0.3, -0.25) is 0 Å². The molecule has 0 saturated heterocycles. The molecule has 4 nitrogen and oxygen atoms in total. The van der Waals surface area contributed by atoms with E-state index in [2.05, 4.69) is 152 Å². The molecule has 9 aromatic rings. The Labute approximate surface area is 295 Å². The van der Waals surface area contributed by atoms with E-state index in [9.17, 15) is 0 Å². The zero-order valence-corrected chi connectivity index (χ0v) is 27.5. The molecule has 1 aliphatic rings. The molecule has 0 spiro atoms. The van der Waals surface area contributed by atoms with Crippen LogP contribution in [0.3, 0.4) is 0 Å². The third kappa shape index (κ3) is 4.54. The third-order valence-electron chi connectivity index (χ3n) is 10.0. The van der Waals surface area contributed by atoms with Gasteiger partial charge in [0.05, 0.1) is 11.0 Å². The fraction of sp³-hybridized carbons (Fsp3) is 0.0213. The summed E-state index contributed by atoms with van der Waals surface area (Å²) in [5, 5.41) is 0.940. The van der Waals surface area contributed by atoms with Crippen LogP contribution in [0.2, 0.25) is 0 Å². The van der Waals surface area contributed by atoms with E-state index in [0.717, 1.165) is 78.2 Å². The number of para-hydroxylation sites is 3.